The zero-order chi connectivity index (χ0) is 19.2. The number of amides is 1. The number of carbonyl (C=O) groups excluding carboxylic acids is 1. The molecule has 27 heavy (non-hydrogen) atoms. The summed E-state index contributed by atoms with van der Waals surface area (Å²) in [7, 11) is 0. The van der Waals surface area contributed by atoms with E-state index in [0.29, 0.717) is 53.5 Å². The maximum Gasteiger partial charge on any atom is 0.288 e. The molecule has 0 radical (unpaired) electrons. The van der Waals surface area contributed by atoms with Crippen LogP contribution in [0.4, 0.5) is 14.5 Å². The van der Waals surface area contributed by atoms with Gasteiger partial charge in [-0.05, 0) is 48.6 Å². The number of alkyl halides is 2. The van der Waals surface area contributed by atoms with E-state index in [4.69, 9.17) is 12.2 Å². The van der Waals surface area contributed by atoms with Gasteiger partial charge in [-0.1, -0.05) is 30.0 Å². The van der Waals surface area contributed by atoms with Crippen LogP contribution in [0.25, 0.3) is 0 Å². The maximum atomic E-state index is 12.5. The van der Waals surface area contributed by atoms with E-state index in [9.17, 15) is 13.6 Å². The lowest BCUT2D eigenvalue weighted by Crippen LogP contribution is -2.51. The molecule has 0 unspecified atom stereocenters. The summed E-state index contributed by atoms with van der Waals surface area (Å²) in [6, 6.07) is 16.0. The molecule has 2 aromatic carbocycles. The third-order valence-electron chi connectivity index (χ3n) is 4.21. The Kier molecular flexibility index (Phi) is 6.63. The van der Waals surface area contributed by atoms with Gasteiger partial charge in [0.05, 0.1) is 0 Å². The monoisotopic (exact) mass is 407 g/mol. The molecule has 0 aliphatic carbocycles. The standard InChI is InChI=1S/C19H19F2N3OS2/c20-18(21)27-16-8-6-15(7-9-16)22-19(26)24-12-10-23(11-13-24)17(25)14-4-2-1-3-5-14/h1-9,18H,10-13H2,(H,22,26). The quantitative estimate of drug-likeness (QED) is 0.608. The molecular formula is C19H19F2N3OS2. The van der Waals surface area contributed by atoms with Crippen molar-refractivity contribution < 1.29 is 13.6 Å². The van der Waals surface area contributed by atoms with Gasteiger partial charge in [0.25, 0.3) is 11.7 Å². The molecule has 1 aliphatic rings. The summed E-state index contributed by atoms with van der Waals surface area (Å²) in [5, 5.41) is 3.69. The van der Waals surface area contributed by atoms with Gasteiger partial charge in [-0.25, -0.2) is 0 Å². The fraction of sp³-hybridized carbons (Fsp3) is 0.263. The van der Waals surface area contributed by atoms with Gasteiger partial charge in [0.2, 0.25) is 0 Å². The third kappa shape index (κ3) is 5.40. The first-order chi connectivity index (χ1) is 13.0. The number of anilines is 1. The minimum absolute atomic E-state index is 0.0289. The van der Waals surface area contributed by atoms with Gasteiger partial charge >= 0.3 is 0 Å². The first-order valence-electron chi connectivity index (χ1n) is 8.48. The molecule has 1 heterocycles. The molecule has 0 spiro atoms. The molecule has 0 aromatic heterocycles. The Morgan fingerprint density at radius 2 is 1.56 bits per heavy atom. The number of nitrogens with zero attached hydrogens (tertiary/aromatic N) is 2. The Hall–Kier alpha value is -2.19. The van der Waals surface area contributed by atoms with Crippen LogP contribution < -0.4 is 5.32 Å². The fourth-order valence-electron chi connectivity index (χ4n) is 2.80. The smallest absolute Gasteiger partial charge is 0.288 e. The van der Waals surface area contributed by atoms with Crippen molar-refractivity contribution in [3.05, 3.63) is 60.2 Å². The molecule has 1 saturated heterocycles. The molecule has 0 atom stereocenters. The van der Waals surface area contributed by atoms with Gasteiger partial charge in [0, 0.05) is 42.3 Å². The number of rotatable bonds is 4. The van der Waals surface area contributed by atoms with Crippen LogP contribution in [0.1, 0.15) is 10.4 Å². The van der Waals surface area contributed by atoms with Crippen LogP contribution in [0.5, 0.6) is 0 Å². The molecule has 0 bridgehead atoms. The molecule has 0 saturated carbocycles. The lowest BCUT2D eigenvalue weighted by Gasteiger charge is -2.36. The van der Waals surface area contributed by atoms with Crippen molar-refractivity contribution in [2.24, 2.45) is 0 Å². The first kappa shape index (κ1) is 19.6. The largest absolute Gasteiger partial charge is 0.345 e. The zero-order valence-corrected chi connectivity index (χ0v) is 16.1. The topological polar surface area (TPSA) is 35.6 Å². The summed E-state index contributed by atoms with van der Waals surface area (Å²) in [5.41, 5.74) is 1.44. The summed E-state index contributed by atoms with van der Waals surface area (Å²) in [6.07, 6.45) is 0. The Balaban J connectivity index is 1.50. The van der Waals surface area contributed by atoms with E-state index in [1.807, 2.05) is 40.1 Å². The first-order valence-corrected chi connectivity index (χ1v) is 9.77. The highest BCUT2D eigenvalue weighted by Gasteiger charge is 2.23. The minimum atomic E-state index is -2.43. The zero-order valence-electron chi connectivity index (χ0n) is 14.5. The van der Waals surface area contributed by atoms with Crippen LogP contribution in [0.3, 0.4) is 0 Å². The highest BCUT2D eigenvalue weighted by Crippen LogP contribution is 2.26. The SMILES string of the molecule is O=C(c1ccccc1)N1CCN(C(=S)Nc2ccc(SC(F)F)cc2)CC1. The van der Waals surface area contributed by atoms with E-state index in [-0.39, 0.29) is 5.91 Å². The van der Waals surface area contributed by atoms with Crippen LogP contribution in [-0.2, 0) is 0 Å². The average molecular weight is 408 g/mol. The van der Waals surface area contributed by atoms with Crippen molar-refractivity contribution in [1.82, 2.24) is 9.80 Å². The molecule has 1 aliphatic heterocycles. The van der Waals surface area contributed by atoms with E-state index in [1.54, 1.807) is 24.3 Å². The number of thioether (sulfide) groups is 1. The van der Waals surface area contributed by atoms with Crippen molar-refractivity contribution in [2.75, 3.05) is 31.5 Å². The van der Waals surface area contributed by atoms with Crippen LogP contribution in [0.2, 0.25) is 0 Å². The van der Waals surface area contributed by atoms with Crippen molar-refractivity contribution in [1.29, 1.82) is 0 Å². The van der Waals surface area contributed by atoms with Crippen LogP contribution in [0, 0.1) is 0 Å². The van der Waals surface area contributed by atoms with Crippen LogP contribution in [-0.4, -0.2) is 52.8 Å². The van der Waals surface area contributed by atoms with Gasteiger partial charge in [-0.2, -0.15) is 8.78 Å². The summed E-state index contributed by atoms with van der Waals surface area (Å²) >= 11 is 5.96. The van der Waals surface area contributed by atoms with Crippen molar-refractivity contribution in [3.63, 3.8) is 0 Å². The molecule has 1 fully saturated rings. The Morgan fingerprint density at radius 3 is 2.15 bits per heavy atom. The van der Waals surface area contributed by atoms with Crippen molar-refractivity contribution in [3.8, 4) is 0 Å². The van der Waals surface area contributed by atoms with Crippen molar-refractivity contribution in [2.45, 2.75) is 10.7 Å². The molecule has 8 heteroatoms. The highest BCUT2D eigenvalue weighted by molar-refractivity contribution is 7.99. The summed E-state index contributed by atoms with van der Waals surface area (Å²) in [6.45, 7) is 2.48. The van der Waals surface area contributed by atoms with Crippen LogP contribution in [0.15, 0.2) is 59.5 Å². The van der Waals surface area contributed by atoms with E-state index < -0.39 is 5.76 Å². The second-order valence-electron chi connectivity index (χ2n) is 5.98. The second kappa shape index (κ2) is 9.14. The van der Waals surface area contributed by atoms with Crippen LogP contribution >= 0.6 is 24.0 Å². The number of piperazine rings is 1. The van der Waals surface area contributed by atoms with Gasteiger partial charge in [-0.3, -0.25) is 4.79 Å². The number of hydrogen-bond donors (Lipinski definition) is 1. The van der Waals surface area contributed by atoms with E-state index >= 15 is 0 Å². The number of carbonyl (C=O) groups is 1. The minimum Gasteiger partial charge on any atom is -0.345 e. The maximum absolute atomic E-state index is 12.5. The third-order valence-corrected chi connectivity index (χ3v) is 5.29. The lowest BCUT2D eigenvalue weighted by atomic mass is 10.2. The predicted molar refractivity (Wildman–Crippen MR) is 108 cm³/mol. The van der Waals surface area contributed by atoms with Gasteiger partial charge in [-0.15, -0.1) is 0 Å². The summed E-state index contributed by atoms with van der Waals surface area (Å²) in [4.78, 5) is 16.8. The molecule has 142 valence electrons. The number of hydrogen-bond acceptors (Lipinski definition) is 3. The Bertz CT molecular complexity index is 779. The average Bonchev–Trinajstić information content (AvgIpc) is 2.69. The Morgan fingerprint density at radius 1 is 0.963 bits per heavy atom. The molecular weight excluding hydrogens is 388 g/mol. The lowest BCUT2D eigenvalue weighted by molar-refractivity contribution is 0.0693. The summed E-state index contributed by atoms with van der Waals surface area (Å²) in [5.74, 6) is -2.40. The number of halogens is 2. The van der Waals surface area contributed by atoms with E-state index in [0.717, 1.165) is 5.69 Å². The Labute approximate surface area is 166 Å². The predicted octanol–water partition coefficient (Wildman–Crippen LogP) is 4.16. The fourth-order valence-corrected chi connectivity index (χ4v) is 3.60. The highest BCUT2D eigenvalue weighted by atomic mass is 32.2. The summed E-state index contributed by atoms with van der Waals surface area (Å²) < 4.78 is 24.7. The number of nitrogens with one attached hydrogen (secondary N) is 1. The van der Waals surface area contributed by atoms with Gasteiger partial charge < -0.3 is 15.1 Å². The molecule has 4 nitrogen and oxygen atoms in total. The molecule has 1 N–H and O–H groups in total. The van der Waals surface area contributed by atoms with E-state index in [1.165, 1.54) is 0 Å². The van der Waals surface area contributed by atoms with E-state index in [2.05, 4.69) is 5.32 Å². The molecule has 2 aromatic rings. The van der Waals surface area contributed by atoms with Gasteiger partial charge in [0.15, 0.2) is 5.11 Å². The molecule has 1 amide bonds. The second-order valence-corrected chi connectivity index (χ2v) is 7.43. The number of benzene rings is 2. The van der Waals surface area contributed by atoms with Gasteiger partial charge in [0.1, 0.15) is 0 Å². The normalized spacial score (nSPS) is 14.3. The molecule has 3 rings (SSSR count). The van der Waals surface area contributed by atoms with Crippen molar-refractivity contribution >= 4 is 40.7 Å². The number of thiocarbonyl (C=S) groups is 1.